The molecule has 3 N–H and O–H groups in total. The molecule has 3 aromatic carbocycles. The van der Waals surface area contributed by atoms with Crippen molar-refractivity contribution >= 4 is 22.6 Å². The van der Waals surface area contributed by atoms with Crippen LogP contribution in [0.3, 0.4) is 0 Å². The standard InChI is InChI=1S/C29H25N3O4/c1-16-11-23(18(3)32-25-10-5-4-9-22(25)29(34)35)28-24(12-16)26(33)17(2)27(36-28)20-8-6-7-19(13-20)21-14-30-31-15-21/h4-15,18,32H,1-3H3,(H,30,31)(H,34,35). The maximum atomic E-state index is 13.5. The maximum Gasteiger partial charge on any atom is 0.337 e. The first-order valence-electron chi connectivity index (χ1n) is 11.6. The molecule has 0 aliphatic rings. The number of para-hydroxylation sites is 1. The number of fused-ring (bicyclic) bond motifs is 1. The number of aryl methyl sites for hydroxylation is 1. The van der Waals surface area contributed by atoms with Crippen molar-refractivity contribution in [2.45, 2.75) is 26.8 Å². The quantitative estimate of drug-likeness (QED) is 0.262. The van der Waals surface area contributed by atoms with Crippen LogP contribution in [0.5, 0.6) is 0 Å². The second-order valence-electron chi connectivity index (χ2n) is 8.90. The first-order chi connectivity index (χ1) is 17.3. The van der Waals surface area contributed by atoms with Crippen molar-refractivity contribution < 1.29 is 14.3 Å². The summed E-state index contributed by atoms with van der Waals surface area (Å²) < 4.78 is 6.47. The van der Waals surface area contributed by atoms with E-state index < -0.39 is 5.97 Å². The Kier molecular flexibility index (Phi) is 5.90. The zero-order valence-corrected chi connectivity index (χ0v) is 20.1. The van der Waals surface area contributed by atoms with Crippen molar-refractivity contribution in [3.05, 3.63) is 106 Å². The van der Waals surface area contributed by atoms with Crippen LogP contribution in [0, 0.1) is 13.8 Å². The summed E-state index contributed by atoms with van der Waals surface area (Å²) in [6.07, 6.45) is 3.55. The van der Waals surface area contributed by atoms with Crippen LogP contribution in [0.1, 0.15) is 40.0 Å². The number of H-pyrrole nitrogens is 1. The number of carboxylic acids is 1. The molecule has 0 bridgehead atoms. The molecule has 2 aromatic heterocycles. The number of benzene rings is 3. The second kappa shape index (κ2) is 9.19. The van der Waals surface area contributed by atoms with E-state index >= 15 is 0 Å². The molecule has 7 nitrogen and oxygen atoms in total. The number of carboxylic acid groups (broad SMARTS) is 1. The van der Waals surface area contributed by atoms with E-state index in [1.165, 1.54) is 0 Å². The van der Waals surface area contributed by atoms with Gasteiger partial charge in [-0.1, -0.05) is 36.4 Å². The average molecular weight is 480 g/mol. The Hall–Kier alpha value is -4.65. The number of aromatic amines is 1. The minimum atomic E-state index is -1.01. The van der Waals surface area contributed by atoms with Crippen LogP contribution in [-0.4, -0.2) is 21.3 Å². The molecule has 0 fully saturated rings. The minimum Gasteiger partial charge on any atom is -0.478 e. The first-order valence-corrected chi connectivity index (χ1v) is 11.6. The summed E-state index contributed by atoms with van der Waals surface area (Å²) in [7, 11) is 0. The van der Waals surface area contributed by atoms with Crippen molar-refractivity contribution in [1.29, 1.82) is 0 Å². The van der Waals surface area contributed by atoms with E-state index in [2.05, 4.69) is 15.5 Å². The number of carbonyl (C=O) groups is 1. The van der Waals surface area contributed by atoms with Crippen LogP contribution in [0.4, 0.5) is 5.69 Å². The van der Waals surface area contributed by atoms with Crippen LogP contribution < -0.4 is 10.7 Å². The van der Waals surface area contributed by atoms with Crippen LogP contribution in [-0.2, 0) is 0 Å². The lowest BCUT2D eigenvalue weighted by molar-refractivity contribution is 0.0698. The van der Waals surface area contributed by atoms with E-state index in [1.54, 1.807) is 37.4 Å². The Morgan fingerprint density at radius 2 is 1.81 bits per heavy atom. The Morgan fingerprint density at radius 3 is 2.56 bits per heavy atom. The summed E-state index contributed by atoms with van der Waals surface area (Å²) in [6.45, 7) is 5.63. The van der Waals surface area contributed by atoms with E-state index in [1.807, 2.05) is 56.4 Å². The Bertz CT molecular complexity index is 1650. The topological polar surface area (TPSA) is 108 Å². The highest BCUT2D eigenvalue weighted by Gasteiger charge is 2.20. The molecule has 0 saturated carbocycles. The van der Waals surface area contributed by atoms with Gasteiger partial charge in [-0.2, -0.15) is 5.10 Å². The fourth-order valence-corrected chi connectivity index (χ4v) is 4.52. The maximum absolute atomic E-state index is 13.5. The molecular formula is C29H25N3O4. The monoisotopic (exact) mass is 479 g/mol. The highest BCUT2D eigenvalue weighted by molar-refractivity contribution is 5.94. The third-order valence-corrected chi connectivity index (χ3v) is 6.34. The zero-order chi connectivity index (χ0) is 25.4. The third kappa shape index (κ3) is 4.15. The fraction of sp³-hybridized carbons (Fsp3) is 0.138. The first kappa shape index (κ1) is 23.1. The van der Waals surface area contributed by atoms with Gasteiger partial charge in [0.05, 0.1) is 23.2 Å². The molecule has 2 heterocycles. The lowest BCUT2D eigenvalue weighted by Crippen LogP contribution is -2.14. The van der Waals surface area contributed by atoms with E-state index in [9.17, 15) is 14.7 Å². The van der Waals surface area contributed by atoms with Gasteiger partial charge in [0.2, 0.25) is 0 Å². The largest absolute Gasteiger partial charge is 0.478 e. The molecule has 0 radical (unpaired) electrons. The van der Waals surface area contributed by atoms with Crippen molar-refractivity contribution in [2.75, 3.05) is 5.32 Å². The molecule has 180 valence electrons. The highest BCUT2D eigenvalue weighted by Crippen LogP contribution is 2.34. The van der Waals surface area contributed by atoms with Crippen molar-refractivity contribution in [3.8, 4) is 22.5 Å². The van der Waals surface area contributed by atoms with Gasteiger partial charge >= 0.3 is 5.97 Å². The van der Waals surface area contributed by atoms with Gasteiger partial charge in [-0.25, -0.2) is 4.79 Å². The van der Waals surface area contributed by atoms with Gasteiger partial charge in [0.15, 0.2) is 5.43 Å². The molecule has 36 heavy (non-hydrogen) atoms. The molecule has 0 spiro atoms. The molecule has 5 aromatic rings. The summed E-state index contributed by atoms with van der Waals surface area (Å²) >= 11 is 0. The summed E-state index contributed by atoms with van der Waals surface area (Å²) in [5, 5.41) is 20.2. The van der Waals surface area contributed by atoms with Gasteiger partial charge in [0, 0.05) is 34.1 Å². The van der Waals surface area contributed by atoms with Crippen molar-refractivity contribution in [2.24, 2.45) is 0 Å². The average Bonchev–Trinajstić information content (AvgIpc) is 3.41. The van der Waals surface area contributed by atoms with E-state index in [-0.39, 0.29) is 17.0 Å². The van der Waals surface area contributed by atoms with Crippen molar-refractivity contribution in [3.63, 3.8) is 0 Å². The number of rotatable bonds is 6. The smallest absolute Gasteiger partial charge is 0.337 e. The molecule has 0 amide bonds. The third-order valence-electron chi connectivity index (χ3n) is 6.34. The zero-order valence-electron chi connectivity index (χ0n) is 20.1. The number of aromatic carboxylic acids is 1. The number of nitrogens with one attached hydrogen (secondary N) is 2. The molecule has 5 rings (SSSR count). The molecule has 7 heteroatoms. The molecule has 1 unspecified atom stereocenters. The van der Waals surface area contributed by atoms with Crippen LogP contribution in [0.2, 0.25) is 0 Å². The SMILES string of the molecule is Cc1cc(C(C)Nc2ccccc2C(=O)O)c2oc(-c3cccc(-c4cn[nH]c4)c3)c(C)c(=O)c2c1. The van der Waals surface area contributed by atoms with E-state index in [0.717, 1.165) is 27.8 Å². The second-order valence-corrected chi connectivity index (χ2v) is 8.90. The summed E-state index contributed by atoms with van der Waals surface area (Å²) in [6, 6.07) is 18.0. The van der Waals surface area contributed by atoms with Crippen molar-refractivity contribution in [1.82, 2.24) is 10.2 Å². The van der Waals surface area contributed by atoms with Gasteiger partial charge in [-0.05, 0) is 56.2 Å². The minimum absolute atomic E-state index is 0.0944. The molecule has 0 aliphatic carbocycles. The van der Waals surface area contributed by atoms with Gasteiger partial charge in [0.25, 0.3) is 0 Å². The highest BCUT2D eigenvalue weighted by atomic mass is 16.4. The van der Waals surface area contributed by atoms with E-state index in [4.69, 9.17) is 4.42 Å². The number of hydrogen-bond donors (Lipinski definition) is 3. The predicted octanol–water partition coefficient (Wildman–Crippen LogP) is 6.34. The molecule has 1 atom stereocenters. The molecule has 0 saturated heterocycles. The van der Waals surface area contributed by atoms with Crippen LogP contribution >= 0.6 is 0 Å². The molecule has 0 aliphatic heterocycles. The Morgan fingerprint density at radius 1 is 1.03 bits per heavy atom. The number of hydrogen-bond acceptors (Lipinski definition) is 5. The summed E-state index contributed by atoms with van der Waals surface area (Å²) in [4.78, 5) is 25.2. The Labute approximate surface area is 207 Å². The predicted molar refractivity (Wildman–Crippen MR) is 140 cm³/mol. The number of nitrogens with zero attached hydrogens (tertiary/aromatic N) is 1. The lowest BCUT2D eigenvalue weighted by Gasteiger charge is -2.20. The van der Waals surface area contributed by atoms with Gasteiger partial charge in [-0.3, -0.25) is 9.89 Å². The Balaban J connectivity index is 1.66. The molecular weight excluding hydrogens is 454 g/mol. The van der Waals surface area contributed by atoms with Crippen LogP contribution in [0.25, 0.3) is 33.4 Å². The van der Waals surface area contributed by atoms with Gasteiger partial charge in [-0.15, -0.1) is 0 Å². The van der Waals surface area contributed by atoms with Crippen LogP contribution in [0.15, 0.2) is 82.3 Å². The number of aromatic nitrogens is 2. The van der Waals surface area contributed by atoms with Gasteiger partial charge < -0.3 is 14.8 Å². The summed E-state index contributed by atoms with van der Waals surface area (Å²) in [5.41, 5.74) is 5.94. The fourth-order valence-electron chi connectivity index (χ4n) is 4.52. The summed E-state index contributed by atoms with van der Waals surface area (Å²) in [5.74, 6) is -0.512. The van der Waals surface area contributed by atoms with Gasteiger partial charge in [0.1, 0.15) is 11.3 Å². The lowest BCUT2D eigenvalue weighted by atomic mass is 9.97. The normalized spacial score (nSPS) is 12.0. The number of anilines is 1. The van der Waals surface area contributed by atoms with E-state index in [0.29, 0.717) is 28.0 Å².